The number of carbonyl (C=O) groups is 2. The fourth-order valence-electron chi connectivity index (χ4n) is 3.31. The Balaban J connectivity index is 1.49. The molecule has 142 valence electrons. The lowest BCUT2D eigenvalue weighted by atomic mass is 9.96. The maximum Gasteiger partial charge on any atom is 0.227 e. The zero-order valence-corrected chi connectivity index (χ0v) is 15.6. The van der Waals surface area contributed by atoms with Crippen molar-refractivity contribution in [2.24, 2.45) is 5.92 Å². The van der Waals surface area contributed by atoms with Gasteiger partial charge in [-0.2, -0.15) is 0 Å². The molecule has 0 aliphatic carbocycles. The first-order valence-electron chi connectivity index (χ1n) is 9.34. The van der Waals surface area contributed by atoms with Crippen molar-refractivity contribution in [1.82, 2.24) is 5.32 Å². The molecule has 2 unspecified atom stereocenters. The monoisotopic (exact) mass is 366 g/mol. The van der Waals surface area contributed by atoms with Crippen molar-refractivity contribution >= 4 is 17.5 Å². The van der Waals surface area contributed by atoms with Crippen molar-refractivity contribution in [3.05, 3.63) is 66.2 Å². The number of nitrogens with zero attached hydrogens (tertiary/aromatic N) is 1. The first kappa shape index (κ1) is 19.1. The van der Waals surface area contributed by atoms with Crippen LogP contribution in [0.5, 0.6) is 0 Å². The molecule has 0 saturated carbocycles. The summed E-state index contributed by atoms with van der Waals surface area (Å²) in [6, 6.07) is 19.3. The number of hydrogen-bond acceptors (Lipinski definition) is 3. The molecule has 5 heteroatoms. The molecule has 2 atom stereocenters. The summed E-state index contributed by atoms with van der Waals surface area (Å²) in [7, 11) is 0. The molecule has 2 aromatic carbocycles. The quantitative estimate of drug-likeness (QED) is 0.791. The third-order valence-corrected chi connectivity index (χ3v) is 5.00. The first-order chi connectivity index (χ1) is 12.9. The minimum absolute atomic E-state index is 0.0443. The van der Waals surface area contributed by atoms with Crippen LogP contribution in [0.1, 0.15) is 25.3 Å². The molecular formula is C22H26N2O3. The molecule has 2 aromatic rings. The van der Waals surface area contributed by atoms with Crippen LogP contribution in [0.4, 0.5) is 5.69 Å². The molecule has 0 spiro atoms. The van der Waals surface area contributed by atoms with Gasteiger partial charge in [-0.1, -0.05) is 48.5 Å². The molecule has 1 saturated heterocycles. The summed E-state index contributed by atoms with van der Waals surface area (Å²) in [5, 5.41) is 13.4. The van der Waals surface area contributed by atoms with Gasteiger partial charge in [-0.15, -0.1) is 0 Å². The average molecular weight is 366 g/mol. The summed E-state index contributed by atoms with van der Waals surface area (Å²) in [6.45, 7) is 2.28. The van der Waals surface area contributed by atoms with Gasteiger partial charge in [0.05, 0.1) is 11.5 Å². The molecule has 0 bridgehead atoms. The fraction of sp³-hybridized carbons (Fsp3) is 0.364. The van der Waals surface area contributed by atoms with Gasteiger partial charge in [0.1, 0.15) is 0 Å². The Morgan fingerprint density at radius 3 is 2.44 bits per heavy atom. The van der Waals surface area contributed by atoms with E-state index in [1.54, 1.807) is 11.8 Å². The number of rotatable bonds is 7. The predicted molar refractivity (Wildman–Crippen MR) is 105 cm³/mol. The molecule has 1 aliphatic rings. The number of nitrogens with one attached hydrogen (secondary N) is 1. The number of para-hydroxylation sites is 1. The van der Waals surface area contributed by atoms with E-state index in [-0.39, 0.29) is 30.7 Å². The highest BCUT2D eigenvalue weighted by Crippen LogP contribution is 2.25. The Hall–Kier alpha value is -2.66. The molecule has 1 aliphatic heterocycles. The van der Waals surface area contributed by atoms with Crippen LogP contribution in [0.25, 0.3) is 0 Å². The van der Waals surface area contributed by atoms with Crippen LogP contribution in [-0.4, -0.2) is 35.6 Å². The highest BCUT2D eigenvalue weighted by atomic mass is 16.3. The Morgan fingerprint density at radius 1 is 1.15 bits per heavy atom. The van der Waals surface area contributed by atoms with E-state index >= 15 is 0 Å². The van der Waals surface area contributed by atoms with Crippen LogP contribution in [-0.2, 0) is 16.0 Å². The van der Waals surface area contributed by atoms with Crippen molar-refractivity contribution in [3.63, 3.8) is 0 Å². The third-order valence-electron chi connectivity index (χ3n) is 5.00. The molecular weight excluding hydrogens is 340 g/mol. The van der Waals surface area contributed by atoms with Gasteiger partial charge in [0, 0.05) is 25.2 Å². The van der Waals surface area contributed by atoms with Gasteiger partial charge in [-0.3, -0.25) is 9.59 Å². The molecule has 5 nitrogen and oxygen atoms in total. The molecule has 27 heavy (non-hydrogen) atoms. The predicted octanol–water partition coefficient (Wildman–Crippen LogP) is 2.54. The number of anilines is 1. The van der Waals surface area contributed by atoms with Crippen LogP contribution in [0.15, 0.2) is 60.7 Å². The van der Waals surface area contributed by atoms with E-state index < -0.39 is 5.60 Å². The summed E-state index contributed by atoms with van der Waals surface area (Å²) >= 11 is 0. The molecule has 1 fully saturated rings. The standard InChI is InChI=1S/C22H26N2O3/c1-22(27,13-12-17-8-4-2-5-9-17)16-23-21(26)18-14-20(25)24(15-18)19-10-6-3-7-11-19/h2-11,18,27H,12-16H2,1H3,(H,23,26). The van der Waals surface area contributed by atoms with E-state index in [9.17, 15) is 14.7 Å². The summed E-state index contributed by atoms with van der Waals surface area (Å²) in [6.07, 6.45) is 1.50. The Labute approximate surface area is 160 Å². The minimum Gasteiger partial charge on any atom is -0.388 e. The Bertz CT molecular complexity index is 775. The molecule has 3 rings (SSSR count). The van der Waals surface area contributed by atoms with Crippen LogP contribution in [0, 0.1) is 5.92 Å². The van der Waals surface area contributed by atoms with E-state index in [1.165, 1.54) is 0 Å². The van der Waals surface area contributed by atoms with Gasteiger partial charge in [-0.05, 0) is 37.5 Å². The van der Waals surface area contributed by atoms with Crippen molar-refractivity contribution in [1.29, 1.82) is 0 Å². The highest BCUT2D eigenvalue weighted by molar-refractivity contribution is 6.00. The largest absolute Gasteiger partial charge is 0.388 e. The number of carbonyl (C=O) groups excluding carboxylic acids is 2. The lowest BCUT2D eigenvalue weighted by Crippen LogP contribution is -2.43. The SMILES string of the molecule is CC(O)(CCc1ccccc1)CNC(=O)C1CC(=O)N(c2ccccc2)C1. The minimum atomic E-state index is -0.993. The Morgan fingerprint density at radius 2 is 1.78 bits per heavy atom. The lowest BCUT2D eigenvalue weighted by Gasteiger charge is -2.24. The van der Waals surface area contributed by atoms with Gasteiger partial charge in [-0.25, -0.2) is 0 Å². The fourth-order valence-corrected chi connectivity index (χ4v) is 3.31. The van der Waals surface area contributed by atoms with Crippen molar-refractivity contribution in [3.8, 4) is 0 Å². The zero-order valence-electron chi connectivity index (χ0n) is 15.6. The molecule has 2 N–H and O–H groups in total. The normalized spacial score (nSPS) is 19.0. The molecule has 2 amide bonds. The van der Waals surface area contributed by atoms with E-state index in [4.69, 9.17) is 0 Å². The topological polar surface area (TPSA) is 69.6 Å². The van der Waals surface area contributed by atoms with E-state index in [0.29, 0.717) is 13.0 Å². The summed E-state index contributed by atoms with van der Waals surface area (Å²) in [5.74, 6) is -0.610. The number of amides is 2. The van der Waals surface area contributed by atoms with Gasteiger partial charge < -0.3 is 15.3 Å². The molecule has 0 radical (unpaired) electrons. The number of benzene rings is 2. The second-order valence-corrected chi connectivity index (χ2v) is 7.44. The van der Waals surface area contributed by atoms with Crippen LogP contribution in [0.3, 0.4) is 0 Å². The van der Waals surface area contributed by atoms with Gasteiger partial charge >= 0.3 is 0 Å². The highest BCUT2D eigenvalue weighted by Gasteiger charge is 2.35. The maximum atomic E-state index is 12.5. The van der Waals surface area contributed by atoms with Gasteiger partial charge in [0.15, 0.2) is 0 Å². The van der Waals surface area contributed by atoms with Gasteiger partial charge in [0.25, 0.3) is 0 Å². The third kappa shape index (κ3) is 5.17. The molecule has 0 aromatic heterocycles. The average Bonchev–Trinajstić information content (AvgIpc) is 3.08. The van der Waals surface area contributed by atoms with Crippen LogP contribution >= 0.6 is 0 Å². The zero-order chi connectivity index (χ0) is 19.3. The van der Waals surface area contributed by atoms with Gasteiger partial charge in [0.2, 0.25) is 11.8 Å². The van der Waals surface area contributed by atoms with Crippen molar-refractivity contribution in [2.75, 3.05) is 18.0 Å². The first-order valence-corrected chi connectivity index (χ1v) is 9.34. The second-order valence-electron chi connectivity index (χ2n) is 7.44. The maximum absolute atomic E-state index is 12.5. The summed E-state index contributed by atoms with van der Waals surface area (Å²) < 4.78 is 0. The summed E-state index contributed by atoms with van der Waals surface area (Å²) in [4.78, 5) is 26.4. The van der Waals surface area contributed by atoms with E-state index in [2.05, 4.69) is 5.32 Å². The Kier molecular flexibility index (Phi) is 5.91. The second kappa shape index (κ2) is 8.35. The summed E-state index contributed by atoms with van der Waals surface area (Å²) in [5.41, 5.74) is 0.976. The number of aryl methyl sites for hydroxylation is 1. The van der Waals surface area contributed by atoms with Crippen molar-refractivity contribution in [2.45, 2.75) is 31.8 Å². The van der Waals surface area contributed by atoms with Crippen molar-refractivity contribution < 1.29 is 14.7 Å². The smallest absolute Gasteiger partial charge is 0.227 e. The number of aliphatic hydroxyl groups is 1. The van der Waals surface area contributed by atoms with E-state index in [0.717, 1.165) is 17.7 Å². The van der Waals surface area contributed by atoms with E-state index in [1.807, 2.05) is 60.7 Å². The van der Waals surface area contributed by atoms with Crippen LogP contribution < -0.4 is 10.2 Å². The lowest BCUT2D eigenvalue weighted by molar-refractivity contribution is -0.127. The van der Waals surface area contributed by atoms with Crippen LogP contribution in [0.2, 0.25) is 0 Å². The number of hydrogen-bond donors (Lipinski definition) is 2. The molecule has 1 heterocycles.